The number of sulfonamides is 1. The first kappa shape index (κ1) is 26.9. The van der Waals surface area contributed by atoms with E-state index in [-0.39, 0.29) is 10.5 Å². The molecule has 0 saturated heterocycles. The molecule has 0 aromatic heterocycles. The molecule has 4 rings (SSSR count). The van der Waals surface area contributed by atoms with Crippen molar-refractivity contribution in [2.24, 2.45) is 0 Å². The Hall–Kier alpha value is -3.14. The highest BCUT2D eigenvalue weighted by Crippen LogP contribution is 2.38. The van der Waals surface area contributed by atoms with Crippen molar-refractivity contribution < 1.29 is 22.7 Å². The number of carbonyl (C=O) groups is 2. The third-order valence-corrected chi connectivity index (χ3v) is 8.77. The second kappa shape index (κ2) is 11.5. The summed E-state index contributed by atoms with van der Waals surface area (Å²) < 4.78 is 33.5. The highest BCUT2D eigenvalue weighted by Gasteiger charge is 2.38. The van der Waals surface area contributed by atoms with Crippen molar-refractivity contribution in [3.8, 4) is 0 Å². The summed E-state index contributed by atoms with van der Waals surface area (Å²) in [6.45, 7) is 4.74. The normalized spacial score (nSPS) is 14.9. The van der Waals surface area contributed by atoms with Crippen molar-refractivity contribution in [3.63, 3.8) is 0 Å². The average molecular weight is 539 g/mol. The van der Waals surface area contributed by atoms with Crippen LogP contribution in [0.15, 0.2) is 82.6 Å². The molecule has 0 fully saturated rings. The molecule has 0 saturated carbocycles. The van der Waals surface area contributed by atoms with Crippen molar-refractivity contribution in [1.29, 1.82) is 0 Å². The van der Waals surface area contributed by atoms with Gasteiger partial charge in [-0.3, -0.25) is 9.69 Å². The van der Waals surface area contributed by atoms with Crippen LogP contribution in [0.2, 0.25) is 0 Å². The van der Waals surface area contributed by atoms with Gasteiger partial charge in [-0.2, -0.15) is 4.31 Å². The molecule has 0 spiro atoms. The molecule has 1 aliphatic rings. The number of hydrogen-bond donors (Lipinski definition) is 0. The van der Waals surface area contributed by atoms with Crippen molar-refractivity contribution in [1.82, 2.24) is 4.31 Å². The average Bonchev–Trinajstić information content (AvgIpc) is 3.24. The number of benzene rings is 3. The van der Waals surface area contributed by atoms with E-state index in [0.717, 1.165) is 4.90 Å². The number of hydrogen-bond acceptors (Lipinski definition) is 6. The van der Waals surface area contributed by atoms with Crippen molar-refractivity contribution in [2.75, 3.05) is 24.2 Å². The van der Waals surface area contributed by atoms with Gasteiger partial charge in [-0.15, -0.1) is 11.8 Å². The molecule has 9 heteroatoms. The van der Waals surface area contributed by atoms with Gasteiger partial charge in [-0.05, 0) is 67.6 Å². The molecule has 7 nitrogen and oxygen atoms in total. The predicted octanol–water partition coefficient (Wildman–Crippen LogP) is 5.74. The van der Waals surface area contributed by atoms with E-state index in [1.165, 1.54) is 45.2 Å². The molecule has 1 aliphatic heterocycles. The number of carbonyl (C=O) groups excluding carboxylic acids is 2. The Morgan fingerprint density at radius 2 is 1.62 bits per heavy atom. The number of amides is 1. The van der Waals surface area contributed by atoms with Gasteiger partial charge in [0.15, 0.2) is 0 Å². The molecule has 1 heterocycles. The maximum absolute atomic E-state index is 13.9. The van der Waals surface area contributed by atoms with E-state index in [0.29, 0.717) is 42.7 Å². The van der Waals surface area contributed by atoms with Gasteiger partial charge < -0.3 is 4.74 Å². The van der Waals surface area contributed by atoms with Crippen LogP contribution >= 0.6 is 11.8 Å². The molecule has 1 atom stereocenters. The Kier molecular flexibility index (Phi) is 8.36. The van der Waals surface area contributed by atoms with E-state index in [9.17, 15) is 18.0 Å². The zero-order valence-corrected chi connectivity index (χ0v) is 22.7. The van der Waals surface area contributed by atoms with Crippen LogP contribution in [0.3, 0.4) is 0 Å². The van der Waals surface area contributed by atoms with Crippen molar-refractivity contribution >= 4 is 39.3 Å². The second-order valence-electron chi connectivity index (χ2n) is 8.65. The maximum atomic E-state index is 13.9. The van der Waals surface area contributed by atoms with Gasteiger partial charge in [-0.25, -0.2) is 13.2 Å². The van der Waals surface area contributed by atoms with Gasteiger partial charge in [0.2, 0.25) is 16.3 Å². The summed E-state index contributed by atoms with van der Waals surface area (Å²) in [4.78, 5) is 29.0. The van der Waals surface area contributed by atoms with Crippen LogP contribution < -0.4 is 4.90 Å². The zero-order valence-electron chi connectivity index (χ0n) is 21.1. The van der Waals surface area contributed by atoms with Crippen LogP contribution in [0.1, 0.15) is 59.2 Å². The molecule has 0 radical (unpaired) electrons. The lowest BCUT2D eigenvalue weighted by Gasteiger charge is -2.29. The molecule has 194 valence electrons. The van der Waals surface area contributed by atoms with Gasteiger partial charge in [-0.1, -0.05) is 38.1 Å². The van der Waals surface area contributed by atoms with Gasteiger partial charge in [0, 0.05) is 34.8 Å². The largest absolute Gasteiger partial charge is 0.433 e. The van der Waals surface area contributed by atoms with Gasteiger partial charge in [0.1, 0.15) is 0 Å². The van der Waals surface area contributed by atoms with E-state index in [4.69, 9.17) is 4.74 Å². The highest BCUT2D eigenvalue weighted by atomic mass is 32.2. The van der Waals surface area contributed by atoms with Crippen LogP contribution in [0.5, 0.6) is 0 Å². The fourth-order valence-electron chi connectivity index (χ4n) is 4.35. The minimum absolute atomic E-state index is 0.138. The van der Waals surface area contributed by atoms with Crippen LogP contribution in [0.25, 0.3) is 0 Å². The summed E-state index contributed by atoms with van der Waals surface area (Å²) in [5, 5.41) is 0. The minimum Gasteiger partial charge on any atom is -0.433 e. The monoisotopic (exact) mass is 538 g/mol. The van der Waals surface area contributed by atoms with E-state index in [1.54, 1.807) is 30.3 Å². The van der Waals surface area contributed by atoms with Gasteiger partial charge >= 0.3 is 5.97 Å². The molecule has 3 aromatic rings. The molecule has 1 amide bonds. The number of ether oxygens (including phenoxy) is 1. The molecule has 37 heavy (non-hydrogen) atoms. The van der Waals surface area contributed by atoms with E-state index < -0.39 is 28.1 Å². The summed E-state index contributed by atoms with van der Waals surface area (Å²) in [7, 11) is -3.68. The van der Waals surface area contributed by atoms with E-state index >= 15 is 0 Å². The Labute approximate surface area is 222 Å². The maximum Gasteiger partial charge on any atom is 0.340 e. The number of anilines is 1. The quantitative estimate of drug-likeness (QED) is 0.242. The molecular weight excluding hydrogens is 508 g/mol. The SMILES string of the molecule is CCCN(CCC)S(=O)(=O)c1ccc(C(=O)N(c2cccc(SC)c2)C2OC(=O)c3ccccc32)cc1. The highest BCUT2D eigenvalue weighted by molar-refractivity contribution is 7.98. The lowest BCUT2D eigenvalue weighted by Crippen LogP contribution is -2.35. The van der Waals surface area contributed by atoms with Crippen molar-refractivity contribution in [2.45, 2.75) is 42.7 Å². The standard InChI is InChI=1S/C28H30N2O5S2/c1-4-17-29(18-5-2)37(33,34)23-15-13-20(14-16-23)26(31)30(21-9-8-10-22(19-21)36-3)27-24-11-6-7-12-25(24)28(32)35-27/h6-16,19,27H,4-5,17-18H2,1-3H3. The fourth-order valence-corrected chi connectivity index (χ4v) is 6.42. The van der Waals surface area contributed by atoms with Crippen molar-refractivity contribution in [3.05, 3.63) is 89.5 Å². The third-order valence-electron chi connectivity index (χ3n) is 6.14. The smallest absolute Gasteiger partial charge is 0.340 e. The molecule has 0 aliphatic carbocycles. The molecule has 3 aromatic carbocycles. The number of rotatable bonds is 10. The first-order valence-electron chi connectivity index (χ1n) is 12.2. The number of nitrogens with zero attached hydrogens (tertiary/aromatic N) is 2. The second-order valence-corrected chi connectivity index (χ2v) is 11.5. The fraction of sp³-hybridized carbons (Fsp3) is 0.286. The van der Waals surface area contributed by atoms with E-state index in [1.807, 2.05) is 38.3 Å². The first-order chi connectivity index (χ1) is 17.8. The summed E-state index contributed by atoms with van der Waals surface area (Å²) in [6.07, 6.45) is 2.42. The molecular formula is C28H30N2O5S2. The Morgan fingerprint density at radius 3 is 2.27 bits per heavy atom. The summed E-state index contributed by atoms with van der Waals surface area (Å²) >= 11 is 1.53. The number of cyclic esters (lactones) is 1. The van der Waals surface area contributed by atoms with E-state index in [2.05, 4.69) is 0 Å². The molecule has 1 unspecified atom stereocenters. The van der Waals surface area contributed by atoms with Crippen LogP contribution in [0, 0.1) is 0 Å². The Morgan fingerprint density at radius 1 is 0.946 bits per heavy atom. The lowest BCUT2D eigenvalue weighted by molar-refractivity contribution is 0.0372. The van der Waals surface area contributed by atoms with Gasteiger partial charge in [0.25, 0.3) is 5.91 Å². The van der Waals surface area contributed by atoms with Crippen LogP contribution in [-0.2, 0) is 14.8 Å². The summed E-state index contributed by atoms with van der Waals surface area (Å²) in [5.41, 5.74) is 1.87. The Balaban J connectivity index is 1.73. The van der Waals surface area contributed by atoms with Crippen LogP contribution in [-0.4, -0.2) is 43.9 Å². The number of fused-ring (bicyclic) bond motifs is 1. The minimum atomic E-state index is -3.68. The number of esters is 1. The third kappa shape index (κ3) is 5.44. The zero-order chi connectivity index (χ0) is 26.6. The first-order valence-corrected chi connectivity index (χ1v) is 14.9. The van der Waals surface area contributed by atoms with Gasteiger partial charge in [0.05, 0.1) is 10.5 Å². The molecule has 0 N–H and O–H groups in total. The summed E-state index contributed by atoms with van der Waals surface area (Å²) in [5.74, 6) is -0.900. The topological polar surface area (TPSA) is 84.0 Å². The lowest BCUT2D eigenvalue weighted by atomic mass is 10.1. The number of thioether (sulfide) groups is 1. The molecule has 0 bridgehead atoms. The predicted molar refractivity (Wildman–Crippen MR) is 145 cm³/mol. The summed E-state index contributed by atoms with van der Waals surface area (Å²) in [6, 6.07) is 20.4. The van der Waals surface area contributed by atoms with Crippen LogP contribution in [0.4, 0.5) is 5.69 Å². The Bertz CT molecular complexity index is 1380.